The van der Waals surface area contributed by atoms with E-state index >= 15 is 0 Å². The quantitative estimate of drug-likeness (QED) is 0.561. The van der Waals surface area contributed by atoms with Gasteiger partial charge < -0.3 is 14.8 Å². The van der Waals surface area contributed by atoms with Crippen molar-refractivity contribution in [3.8, 4) is 0 Å². The number of rotatable bonds is 8. The molecule has 1 unspecified atom stereocenters. The van der Waals surface area contributed by atoms with Crippen molar-refractivity contribution >= 4 is 23.0 Å². The Labute approximate surface area is 176 Å². The van der Waals surface area contributed by atoms with E-state index < -0.39 is 0 Å². The van der Waals surface area contributed by atoms with Gasteiger partial charge in [0.2, 0.25) is 5.78 Å². The zero-order valence-electron chi connectivity index (χ0n) is 17.4. The number of aryl methyl sites for hydroxylation is 1. The van der Waals surface area contributed by atoms with Crippen LogP contribution in [0.5, 0.6) is 0 Å². The molecule has 2 heterocycles. The Balaban J connectivity index is 1.64. The van der Waals surface area contributed by atoms with Gasteiger partial charge in [0.25, 0.3) is 5.91 Å². The first-order valence-corrected chi connectivity index (χ1v) is 10.6. The number of hydrogen-bond acceptors (Lipinski definition) is 3. The van der Waals surface area contributed by atoms with Gasteiger partial charge in [-0.1, -0.05) is 18.2 Å². The molecule has 0 fully saturated rings. The molecule has 3 rings (SSSR count). The molecule has 0 spiro atoms. The lowest BCUT2D eigenvalue weighted by molar-refractivity contribution is -0.884. The summed E-state index contributed by atoms with van der Waals surface area (Å²) < 4.78 is 2.21. The van der Waals surface area contributed by atoms with Crippen LogP contribution >= 0.6 is 11.3 Å². The van der Waals surface area contributed by atoms with Gasteiger partial charge in [0.15, 0.2) is 0 Å². The van der Waals surface area contributed by atoms with E-state index in [1.165, 1.54) is 4.88 Å². The lowest BCUT2D eigenvalue weighted by Gasteiger charge is -2.14. The molecule has 5 nitrogen and oxygen atoms in total. The number of aromatic nitrogens is 1. The number of nitrogens with one attached hydrogen (secondary N) is 2. The smallest absolute Gasteiger partial charge is 0.251 e. The summed E-state index contributed by atoms with van der Waals surface area (Å²) in [5.41, 5.74) is 4.70. The van der Waals surface area contributed by atoms with Crippen LogP contribution in [0.15, 0.2) is 47.8 Å². The van der Waals surface area contributed by atoms with Crippen molar-refractivity contribution in [1.82, 2.24) is 9.88 Å². The molecule has 0 bridgehead atoms. The van der Waals surface area contributed by atoms with E-state index in [0.717, 1.165) is 40.5 Å². The van der Waals surface area contributed by atoms with Crippen molar-refractivity contribution in [2.45, 2.75) is 26.9 Å². The third kappa shape index (κ3) is 5.02. The first-order chi connectivity index (χ1) is 13.9. The molecule has 0 aliphatic heterocycles. The standard InChI is InChI=1S/C23H27N3O2S/c1-16-12-21(17(2)26(16)14-20-6-5-11-29-20)22(27)15-25(4)13-18-7-9-19(10-8-18)23(28)24-3/h5-12H,13-15H2,1-4H3,(H,24,28)/p+1. The highest BCUT2D eigenvalue weighted by Gasteiger charge is 2.19. The molecule has 0 aliphatic carbocycles. The molecule has 2 N–H and O–H groups in total. The molecule has 3 aromatic rings. The van der Waals surface area contributed by atoms with E-state index in [0.29, 0.717) is 12.1 Å². The Hall–Kier alpha value is -2.70. The van der Waals surface area contributed by atoms with Crippen molar-refractivity contribution < 1.29 is 14.5 Å². The second kappa shape index (κ2) is 9.20. The molecule has 0 aliphatic rings. The Morgan fingerprint density at radius 2 is 1.86 bits per heavy atom. The van der Waals surface area contributed by atoms with Crippen molar-refractivity contribution in [2.75, 3.05) is 20.6 Å². The minimum atomic E-state index is -0.0923. The van der Waals surface area contributed by atoms with E-state index in [2.05, 4.69) is 34.3 Å². The predicted molar refractivity (Wildman–Crippen MR) is 117 cm³/mol. The SMILES string of the molecule is CNC(=O)c1ccc(C[NH+](C)CC(=O)c2cc(C)n(Cc3cccs3)c2C)cc1. The van der Waals surface area contributed by atoms with Gasteiger partial charge in [-0.2, -0.15) is 0 Å². The molecule has 29 heavy (non-hydrogen) atoms. The molecule has 0 saturated heterocycles. The maximum absolute atomic E-state index is 12.9. The van der Waals surface area contributed by atoms with Gasteiger partial charge >= 0.3 is 0 Å². The van der Waals surface area contributed by atoms with Crippen molar-refractivity contribution in [1.29, 1.82) is 0 Å². The Kier molecular flexibility index (Phi) is 6.67. The number of amides is 1. The first kappa shape index (κ1) is 21.0. The first-order valence-electron chi connectivity index (χ1n) is 9.73. The number of benzene rings is 1. The van der Waals surface area contributed by atoms with Crippen LogP contribution in [0, 0.1) is 13.8 Å². The number of thiophene rings is 1. The van der Waals surface area contributed by atoms with Crippen LogP contribution < -0.4 is 10.2 Å². The molecule has 152 valence electrons. The average Bonchev–Trinajstić information content (AvgIpc) is 3.31. The highest BCUT2D eigenvalue weighted by molar-refractivity contribution is 7.09. The fourth-order valence-corrected chi connectivity index (χ4v) is 4.28. The number of likely N-dealkylation sites (N-methyl/N-ethyl adjacent to an activating group) is 1. The molecule has 0 saturated carbocycles. The molecule has 0 radical (unpaired) electrons. The molecular weight excluding hydrogens is 382 g/mol. The summed E-state index contributed by atoms with van der Waals surface area (Å²) in [7, 11) is 3.65. The minimum Gasteiger partial charge on any atom is -0.355 e. The average molecular weight is 411 g/mol. The van der Waals surface area contributed by atoms with Crippen LogP contribution in [-0.2, 0) is 13.1 Å². The van der Waals surface area contributed by atoms with Crippen LogP contribution in [0.1, 0.15) is 42.5 Å². The van der Waals surface area contributed by atoms with Crippen molar-refractivity contribution in [3.63, 3.8) is 0 Å². The van der Waals surface area contributed by atoms with E-state index in [9.17, 15) is 9.59 Å². The highest BCUT2D eigenvalue weighted by Crippen LogP contribution is 2.19. The monoisotopic (exact) mass is 410 g/mol. The number of Topliss-reactive ketones (excluding diaryl/α,β-unsaturated/α-hetero) is 1. The van der Waals surface area contributed by atoms with Crippen molar-refractivity contribution in [2.24, 2.45) is 0 Å². The Morgan fingerprint density at radius 1 is 1.14 bits per heavy atom. The van der Waals surface area contributed by atoms with Gasteiger partial charge in [-0.15, -0.1) is 11.3 Å². The molecule has 6 heteroatoms. The largest absolute Gasteiger partial charge is 0.355 e. The van der Waals surface area contributed by atoms with Gasteiger partial charge in [0, 0.05) is 40.0 Å². The Morgan fingerprint density at radius 3 is 2.48 bits per heavy atom. The minimum absolute atomic E-state index is 0.0923. The summed E-state index contributed by atoms with van der Waals surface area (Å²) in [5, 5.41) is 4.70. The van der Waals surface area contributed by atoms with Gasteiger partial charge in [0.05, 0.1) is 13.6 Å². The Bertz CT molecular complexity index is 988. The third-order valence-electron chi connectivity index (χ3n) is 5.18. The maximum Gasteiger partial charge on any atom is 0.251 e. The number of hydrogen-bond donors (Lipinski definition) is 2. The maximum atomic E-state index is 12.9. The molecule has 1 aromatic carbocycles. The summed E-state index contributed by atoms with van der Waals surface area (Å²) in [6.45, 7) is 6.06. The fourth-order valence-electron chi connectivity index (χ4n) is 3.58. The molecule has 2 aromatic heterocycles. The summed E-state index contributed by atoms with van der Waals surface area (Å²) in [6.07, 6.45) is 0. The molecular formula is C23H28N3O2S+. The lowest BCUT2D eigenvalue weighted by Crippen LogP contribution is -3.08. The normalized spacial score (nSPS) is 12.0. The number of ketones is 1. The molecule has 1 amide bonds. The van der Waals surface area contributed by atoms with Gasteiger partial charge in [-0.25, -0.2) is 0 Å². The highest BCUT2D eigenvalue weighted by atomic mass is 32.1. The number of quaternary nitrogens is 1. The van der Waals surface area contributed by atoms with Gasteiger partial charge in [-0.3, -0.25) is 9.59 Å². The van der Waals surface area contributed by atoms with Gasteiger partial charge in [0.1, 0.15) is 13.1 Å². The van der Waals surface area contributed by atoms with Crippen LogP contribution in [0.3, 0.4) is 0 Å². The van der Waals surface area contributed by atoms with E-state index in [1.54, 1.807) is 18.4 Å². The number of nitrogens with zero attached hydrogens (tertiary/aromatic N) is 1. The summed E-state index contributed by atoms with van der Waals surface area (Å²) in [6, 6.07) is 13.7. The van der Waals surface area contributed by atoms with Gasteiger partial charge in [-0.05, 0) is 43.5 Å². The zero-order chi connectivity index (χ0) is 21.0. The van der Waals surface area contributed by atoms with Crippen LogP contribution in [-0.4, -0.2) is 36.9 Å². The summed E-state index contributed by atoms with van der Waals surface area (Å²) in [5.74, 6) is 0.0698. The van der Waals surface area contributed by atoms with E-state index in [4.69, 9.17) is 0 Å². The number of carbonyl (C=O) groups excluding carboxylic acids is 2. The second-order valence-electron chi connectivity index (χ2n) is 7.46. The van der Waals surface area contributed by atoms with Crippen LogP contribution in [0.4, 0.5) is 0 Å². The lowest BCUT2D eigenvalue weighted by atomic mass is 10.1. The van der Waals surface area contributed by atoms with E-state index in [1.807, 2.05) is 44.3 Å². The predicted octanol–water partition coefficient (Wildman–Crippen LogP) is 2.47. The van der Waals surface area contributed by atoms with E-state index in [-0.39, 0.29) is 11.7 Å². The fraction of sp³-hybridized carbons (Fsp3) is 0.304. The van der Waals surface area contributed by atoms with Crippen molar-refractivity contribution in [3.05, 3.63) is 80.8 Å². The summed E-state index contributed by atoms with van der Waals surface area (Å²) in [4.78, 5) is 27.0. The second-order valence-corrected chi connectivity index (χ2v) is 8.49. The van der Waals surface area contributed by atoms with Crippen LogP contribution in [0.25, 0.3) is 0 Å². The number of carbonyl (C=O) groups is 2. The third-order valence-corrected chi connectivity index (χ3v) is 6.04. The summed E-state index contributed by atoms with van der Waals surface area (Å²) >= 11 is 1.73. The zero-order valence-corrected chi connectivity index (χ0v) is 18.2. The molecule has 1 atom stereocenters. The topological polar surface area (TPSA) is 55.5 Å². The van der Waals surface area contributed by atoms with Crippen LogP contribution in [0.2, 0.25) is 0 Å².